The number of benzene rings is 3. The Hall–Kier alpha value is -3.66. The summed E-state index contributed by atoms with van der Waals surface area (Å²) in [6.07, 6.45) is 0.706. The van der Waals surface area contributed by atoms with Gasteiger partial charge in [-0.1, -0.05) is 48.0 Å². The van der Waals surface area contributed by atoms with Crippen molar-refractivity contribution < 1.29 is 9.18 Å². The minimum atomic E-state index is -0.255. The van der Waals surface area contributed by atoms with Gasteiger partial charge < -0.3 is 9.88 Å². The molecule has 0 aliphatic rings. The van der Waals surface area contributed by atoms with Crippen molar-refractivity contribution in [3.8, 4) is 16.9 Å². The molecule has 4 rings (SSSR count). The number of hydrogen-bond donors (Lipinski definition) is 1. The SMILES string of the molecule is Cc1ccc(-c2cc(CCNC(=O)c3ccccc3)c(C)n2-c2ccc(F)cc2)cc1. The Kier molecular flexibility index (Phi) is 5.99. The molecule has 0 saturated heterocycles. The molecule has 4 aromatic rings. The summed E-state index contributed by atoms with van der Waals surface area (Å²) < 4.78 is 15.7. The number of nitrogens with one attached hydrogen (secondary N) is 1. The number of aryl methyl sites for hydroxylation is 1. The molecule has 0 saturated carbocycles. The molecule has 3 nitrogen and oxygen atoms in total. The van der Waals surface area contributed by atoms with Crippen LogP contribution >= 0.6 is 0 Å². The van der Waals surface area contributed by atoms with Crippen LogP contribution in [0.1, 0.15) is 27.2 Å². The zero-order valence-corrected chi connectivity index (χ0v) is 17.7. The number of nitrogens with zero attached hydrogens (tertiary/aromatic N) is 1. The molecule has 1 aromatic heterocycles. The predicted octanol–water partition coefficient (Wildman–Crippen LogP) is 5.87. The number of halogens is 1. The lowest BCUT2D eigenvalue weighted by molar-refractivity contribution is 0.0954. The van der Waals surface area contributed by atoms with Crippen molar-refractivity contribution in [1.82, 2.24) is 9.88 Å². The monoisotopic (exact) mass is 412 g/mol. The van der Waals surface area contributed by atoms with Crippen LogP contribution in [0.5, 0.6) is 0 Å². The largest absolute Gasteiger partial charge is 0.352 e. The summed E-state index contributed by atoms with van der Waals surface area (Å²) in [6, 6.07) is 26.3. The minimum absolute atomic E-state index is 0.0741. The molecule has 1 heterocycles. The van der Waals surface area contributed by atoms with Crippen LogP contribution in [-0.4, -0.2) is 17.0 Å². The van der Waals surface area contributed by atoms with Crippen LogP contribution in [0, 0.1) is 19.7 Å². The van der Waals surface area contributed by atoms with Gasteiger partial charge in [0, 0.05) is 23.5 Å². The molecule has 0 bridgehead atoms. The zero-order chi connectivity index (χ0) is 21.8. The van der Waals surface area contributed by atoms with Gasteiger partial charge in [-0.2, -0.15) is 0 Å². The van der Waals surface area contributed by atoms with Crippen molar-refractivity contribution in [1.29, 1.82) is 0 Å². The third-order valence-electron chi connectivity index (χ3n) is 5.50. The molecule has 0 radical (unpaired) electrons. The molecule has 0 aliphatic carbocycles. The smallest absolute Gasteiger partial charge is 0.251 e. The fourth-order valence-corrected chi connectivity index (χ4v) is 3.77. The van der Waals surface area contributed by atoms with Gasteiger partial charge in [0.15, 0.2) is 0 Å². The van der Waals surface area contributed by atoms with Crippen LogP contribution in [-0.2, 0) is 6.42 Å². The van der Waals surface area contributed by atoms with E-state index in [0.717, 1.165) is 28.2 Å². The maximum Gasteiger partial charge on any atom is 0.251 e. The van der Waals surface area contributed by atoms with Crippen LogP contribution in [0.25, 0.3) is 16.9 Å². The van der Waals surface area contributed by atoms with Crippen LogP contribution in [0.2, 0.25) is 0 Å². The van der Waals surface area contributed by atoms with Gasteiger partial charge >= 0.3 is 0 Å². The molecular formula is C27H25FN2O. The van der Waals surface area contributed by atoms with E-state index in [0.29, 0.717) is 18.5 Å². The Morgan fingerprint density at radius 3 is 2.26 bits per heavy atom. The summed E-state index contributed by atoms with van der Waals surface area (Å²) in [6.45, 7) is 4.67. The first kappa shape index (κ1) is 20.6. The van der Waals surface area contributed by atoms with Gasteiger partial charge in [0.1, 0.15) is 5.82 Å². The van der Waals surface area contributed by atoms with Gasteiger partial charge in [-0.15, -0.1) is 0 Å². The van der Waals surface area contributed by atoms with Gasteiger partial charge in [-0.05, 0) is 73.9 Å². The molecule has 3 aromatic carbocycles. The second-order valence-corrected chi connectivity index (χ2v) is 7.69. The molecular weight excluding hydrogens is 387 g/mol. The summed E-state index contributed by atoms with van der Waals surface area (Å²) in [7, 11) is 0. The molecule has 4 heteroatoms. The lowest BCUT2D eigenvalue weighted by atomic mass is 10.1. The van der Waals surface area contributed by atoms with Gasteiger partial charge in [0.25, 0.3) is 5.91 Å². The average molecular weight is 413 g/mol. The summed E-state index contributed by atoms with van der Waals surface area (Å²) in [4.78, 5) is 12.3. The van der Waals surface area contributed by atoms with E-state index in [1.807, 2.05) is 18.2 Å². The number of amides is 1. The molecule has 0 unspecified atom stereocenters. The molecule has 1 amide bonds. The van der Waals surface area contributed by atoms with Crippen molar-refractivity contribution in [3.05, 3.63) is 113 Å². The molecule has 156 valence electrons. The van der Waals surface area contributed by atoms with E-state index in [-0.39, 0.29) is 11.7 Å². The Morgan fingerprint density at radius 1 is 0.903 bits per heavy atom. The molecule has 31 heavy (non-hydrogen) atoms. The molecule has 1 N–H and O–H groups in total. The lowest BCUT2D eigenvalue weighted by Crippen LogP contribution is -2.25. The first-order valence-electron chi connectivity index (χ1n) is 10.4. The Labute approximate surface area is 182 Å². The van der Waals surface area contributed by atoms with Crippen LogP contribution in [0.15, 0.2) is 84.9 Å². The van der Waals surface area contributed by atoms with Gasteiger partial charge in [0.05, 0.1) is 5.69 Å². The van der Waals surface area contributed by atoms with E-state index in [2.05, 4.69) is 54.1 Å². The molecule has 0 spiro atoms. The fourth-order valence-electron chi connectivity index (χ4n) is 3.77. The summed E-state index contributed by atoms with van der Waals surface area (Å²) in [5.41, 5.74) is 7.14. The van der Waals surface area contributed by atoms with Crippen molar-refractivity contribution in [2.24, 2.45) is 0 Å². The number of carbonyl (C=O) groups excluding carboxylic acids is 1. The summed E-state index contributed by atoms with van der Waals surface area (Å²) in [5, 5.41) is 3.00. The van der Waals surface area contributed by atoms with Gasteiger partial charge in [0.2, 0.25) is 0 Å². The van der Waals surface area contributed by atoms with Crippen molar-refractivity contribution >= 4 is 5.91 Å². The van der Waals surface area contributed by atoms with Crippen molar-refractivity contribution in [2.45, 2.75) is 20.3 Å². The Bertz CT molecular complexity index is 1180. The lowest BCUT2D eigenvalue weighted by Gasteiger charge is -2.13. The first-order valence-corrected chi connectivity index (χ1v) is 10.4. The second-order valence-electron chi connectivity index (χ2n) is 7.69. The van der Waals surface area contributed by atoms with Crippen LogP contribution in [0.4, 0.5) is 4.39 Å². The third kappa shape index (κ3) is 4.58. The third-order valence-corrected chi connectivity index (χ3v) is 5.50. The number of aromatic nitrogens is 1. The number of hydrogen-bond acceptors (Lipinski definition) is 1. The summed E-state index contributed by atoms with van der Waals surface area (Å²) >= 11 is 0. The van der Waals surface area contributed by atoms with Gasteiger partial charge in [-0.3, -0.25) is 4.79 Å². The van der Waals surface area contributed by atoms with E-state index in [4.69, 9.17) is 0 Å². The van der Waals surface area contributed by atoms with Crippen molar-refractivity contribution in [3.63, 3.8) is 0 Å². The first-order chi connectivity index (χ1) is 15.0. The maximum absolute atomic E-state index is 13.5. The number of rotatable bonds is 6. The molecule has 0 aliphatic heterocycles. The zero-order valence-electron chi connectivity index (χ0n) is 17.7. The Morgan fingerprint density at radius 2 is 1.58 bits per heavy atom. The van der Waals surface area contributed by atoms with Crippen molar-refractivity contribution in [2.75, 3.05) is 6.54 Å². The normalized spacial score (nSPS) is 10.8. The van der Waals surface area contributed by atoms with Gasteiger partial charge in [-0.25, -0.2) is 4.39 Å². The van der Waals surface area contributed by atoms with Crippen LogP contribution in [0.3, 0.4) is 0 Å². The van der Waals surface area contributed by atoms with E-state index in [1.165, 1.54) is 17.7 Å². The second kappa shape index (κ2) is 9.00. The highest BCUT2D eigenvalue weighted by atomic mass is 19.1. The number of carbonyl (C=O) groups is 1. The molecule has 0 fully saturated rings. The van der Waals surface area contributed by atoms with E-state index in [1.54, 1.807) is 24.3 Å². The molecule has 0 atom stereocenters. The van der Waals surface area contributed by atoms with E-state index < -0.39 is 0 Å². The summed E-state index contributed by atoms with van der Waals surface area (Å²) in [5.74, 6) is -0.329. The average Bonchev–Trinajstić information content (AvgIpc) is 3.11. The van der Waals surface area contributed by atoms with E-state index >= 15 is 0 Å². The quantitative estimate of drug-likeness (QED) is 0.422. The topological polar surface area (TPSA) is 34.0 Å². The highest BCUT2D eigenvalue weighted by Crippen LogP contribution is 2.30. The highest BCUT2D eigenvalue weighted by Gasteiger charge is 2.15. The minimum Gasteiger partial charge on any atom is -0.352 e. The Balaban J connectivity index is 1.62. The fraction of sp³-hybridized carbons (Fsp3) is 0.148. The standard InChI is InChI=1S/C27H25FN2O/c1-19-8-10-21(11-9-19)26-18-23(16-17-29-27(31)22-6-4-3-5-7-22)20(2)30(26)25-14-12-24(28)13-15-25/h3-15,18H,16-17H2,1-2H3,(H,29,31). The maximum atomic E-state index is 13.5. The van der Waals surface area contributed by atoms with Crippen LogP contribution < -0.4 is 5.32 Å². The highest BCUT2D eigenvalue weighted by molar-refractivity contribution is 5.94. The van der Waals surface area contributed by atoms with E-state index in [9.17, 15) is 9.18 Å². The predicted molar refractivity (Wildman–Crippen MR) is 123 cm³/mol.